The van der Waals surface area contributed by atoms with Gasteiger partial charge in [-0.25, -0.2) is 9.97 Å². The summed E-state index contributed by atoms with van der Waals surface area (Å²) >= 11 is 0. The highest BCUT2D eigenvalue weighted by atomic mass is 16.2. The quantitative estimate of drug-likeness (QED) is 0.916. The van der Waals surface area contributed by atoms with Crippen molar-refractivity contribution in [3.8, 4) is 0 Å². The molecule has 0 saturated carbocycles. The normalized spacial score (nSPS) is 14.7. The van der Waals surface area contributed by atoms with Crippen LogP contribution in [0.2, 0.25) is 0 Å². The highest BCUT2D eigenvalue weighted by Crippen LogP contribution is 2.24. The summed E-state index contributed by atoms with van der Waals surface area (Å²) in [6, 6.07) is 8.39. The maximum absolute atomic E-state index is 12.8. The summed E-state index contributed by atoms with van der Waals surface area (Å²) in [6.45, 7) is 11.4. The third-order valence-corrected chi connectivity index (χ3v) is 4.81. The Labute approximate surface area is 155 Å². The van der Waals surface area contributed by atoms with Crippen LogP contribution in [0.4, 0.5) is 11.5 Å². The maximum atomic E-state index is 12.8. The molecule has 0 bridgehead atoms. The van der Waals surface area contributed by atoms with E-state index in [1.807, 2.05) is 18.7 Å². The van der Waals surface area contributed by atoms with E-state index in [0.717, 1.165) is 13.1 Å². The second-order valence-corrected chi connectivity index (χ2v) is 7.09. The Kier molecular flexibility index (Phi) is 5.40. The monoisotopic (exact) mass is 353 g/mol. The number of rotatable bonds is 4. The molecule has 6 nitrogen and oxygen atoms in total. The summed E-state index contributed by atoms with van der Waals surface area (Å²) in [7, 11) is 0. The molecule has 2 aromatic rings. The molecule has 2 heterocycles. The van der Waals surface area contributed by atoms with Gasteiger partial charge >= 0.3 is 0 Å². The fourth-order valence-corrected chi connectivity index (χ4v) is 3.24. The number of piperazine rings is 1. The van der Waals surface area contributed by atoms with Crippen LogP contribution in [0.15, 0.2) is 30.6 Å². The third-order valence-electron chi connectivity index (χ3n) is 4.81. The maximum Gasteiger partial charge on any atom is 0.272 e. The fraction of sp³-hybridized carbons (Fsp3) is 0.450. The molecule has 1 fully saturated rings. The summed E-state index contributed by atoms with van der Waals surface area (Å²) in [5.74, 6) is 0.659. The minimum absolute atomic E-state index is 0.0279. The zero-order valence-electron chi connectivity index (χ0n) is 16.0. The van der Waals surface area contributed by atoms with Crippen LogP contribution in [-0.4, -0.2) is 53.0 Å². The van der Waals surface area contributed by atoms with Gasteiger partial charge < -0.3 is 15.1 Å². The smallest absolute Gasteiger partial charge is 0.272 e. The molecule has 26 heavy (non-hydrogen) atoms. The topological polar surface area (TPSA) is 61.4 Å². The Morgan fingerprint density at radius 3 is 2.54 bits per heavy atom. The van der Waals surface area contributed by atoms with Gasteiger partial charge in [-0.1, -0.05) is 12.1 Å². The van der Waals surface area contributed by atoms with Gasteiger partial charge in [-0.3, -0.25) is 4.79 Å². The first-order valence-corrected chi connectivity index (χ1v) is 9.14. The van der Waals surface area contributed by atoms with Crippen molar-refractivity contribution in [2.75, 3.05) is 36.4 Å². The number of amides is 1. The minimum atomic E-state index is -0.0279. The molecule has 0 spiro atoms. The molecule has 1 N–H and O–H groups in total. The summed E-state index contributed by atoms with van der Waals surface area (Å²) in [5.41, 5.74) is 4.32. The van der Waals surface area contributed by atoms with E-state index < -0.39 is 0 Å². The van der Waals surface area contributed by atoms with E-state index in [-0.39, 0.29) is 11.9 Å². The van der Waals surface area contributed by atoms with Gasteiger partial charge in [0.25, 0.3) is 5.91 Å². The second kappa shape index (κ2) is 7.72. The Morgan fingerprint density at radius 2 is 1.85 bits per heavy atom. The molecule has 1 saturated heterocycles. The average molecular weight is 353 g/mol. The van der Waals surface area contributed by atoms with Crippen molar-refractivity contribution < 1.29 is 4.79 Å². The van der Waals surface area contributed by atoms with Crippen LogP contribution < -0.4 is 10.2 Å². The zero-order valence-corrected chi connectivity index (χ0v) is 16.0. The van der Waals surface area contributed by atoms with Gasteiger partial charge in [0, 0.05) is 44.0 Å². The number of carbonyl (C=O) groups is 1. The molecule has 0 radical (unpaired) electrons. The Bertz CT molecular complexity index is 782. The van der Waals surface area contributed by atoms with Gasteiger partial charge in [-0.05, 0) is 44.9 Å². The molecule has 0 atom stereocenters. The minimum Gasteiger partial charge on any atom is -0.368 e. The van der Waals surface area contributed by atoms with E-state index >= 15 is 0 Å². The molecule has 0 unspecified atom stereocenters. The summed E-state index contributed by atoms with van der Waals surface area (Å²) < 4.78 is 0. The van der Waals surface area contributed by atoms with E-state index in [2.05, 4.69) is 52.2 Å². The zero-order chi connectivity index (χ0) is 18.7. The molecule has 3 rings (SSSR count). The molecule has 0 aliphatic carbocycles. The van der Waals surface area contributed by atoms with Crippen molar-refractivity contribution in [3.05, 3.63) is 47.4 Å². The van der Waals surface area contributed by atoms with Gasteiger partial charge in [0.05, 0.1) is 0 Å². The lowest BCUT2D eigenvalue weighted by Gasteiger charge is -2.37. The highest BCUT2D eigenvalue weighted by molar-refractivity contribution is 5.93. The molecular formula is C20H27N5O. The Balaban J connectivity index is 1.66. The predicted octanol–water partition coefficient (Wildman–Crippen LogP) is 2.88. The van der Waals surface area contributed by atoms with E-state index in [1.54, 1.807) is 6.07 Å². The number of benzene rings is 1. The number of anilines is 2. The van der Waals surface area contributed by atoms with Gasteiger partial charge in [0.15, 0.2) is 0 Å². The van der Waals surface area contributed by atoms with Crippen molar-refractivity contribution in [2.45, 2.75) is 33.7 Å². The first-order chi connectivity index (χ1) is 12.5. The van der Waals surface area contributed by atoms with Crippen molar-refractivity contribution in [1.82, 2.24) is 14.9 Å². The second-order valence-electron chi connectivity index (χ2n) is 7.09. The van der Waals surface area contributed by atoms with Gasteiger partial charge in [0.2, 0.25) is 0 Å². The lowest BCUT2D eigenvalue weighted by Crippen LogP contribution is -2.49. The number of nitrogens with zero attached hydrogens (tertiary/aromatic N) is 4. The van der Waals surface area contributed by atoms with Crippen LogP contribution in [0.1, 0.15) is 35.5 Å². The molecule has 1 aromatic heterocycles. The van der Waals surface area contributed by atoms with Crippen molar-refractivity contribution in [2.24, 2.45) is 0 Å². The standard InChI is InChI=1S/C20H27N5O/c1-14(2)23-19-12-17(21-13-22-19)20(26)25-10-8-24(9-11-25)18-7-5-6-15(3)16(18)4/h5-7,12-14H,8-11H2,1-4H3,(H,21,22,23). The van der Waals surface area contributed by atoms with E-state index in [1.165, 1.54) is 23.1 Å². The van der Waals surface area contributed by atoms with E-state index in [4.69, 9.17) is 0 Å². The van der Waals surface area contributed by atoms with Crippen LogP contribution in [0.5, 0.6) is 0 Å². The third kappa shape index (κ3) is 3.95. The van der Waals surface area contributed by atoms with Crippen LogP contribution in [0, 0.1) is 13.8 Å². The first kappa shape index (κ1) is 18.2. The Hall–Kier alpha value is -2.63. The van der Waals surface area contributed by atoms with E-state index in [0.29, 0.717) is 24.6 Å². The number of hydrogen-bond acceptors (Lipinski definition) is 5. The van der Waals surface area contributed by atoms with Crippen LogP contribution in [-0.2, 0) is 0 Å². The van der Waals surface area contributed by atoms with Crippen molar-refractivity contribution in [1.29, 1.82) is 0 Å². The molecule has 138 valence electrons. The predicted molar refractivity (Wildman–Crippen MR) is 105 cm³/mol. The summed E-state index contributed by atoms with van der Waals surface area (Å²) in [4.78, 5) is 25.4. The first-order valence-electron chi connectivity index (χ1n) is 9.14. The SMILES string of the molecule is Cc1cccc(N2CCN(C(=O)c3cc(NC(C)C)ncn3)CC2)c1C. The number of nitrogens with one attached hydrogen (secondary N) is 1. The number of carbonyl (C=O) groups excluding carboxylic acids is 1. The largest absolute Gasteiger partial charge is 0.368 e. The number of hydrogen-bond donors (Lipinski definition) is 1. The van der Waals surface area contributed by atoms with Crippen molar-refractivity contribution in [3.63, 3.8) is 0 Å². The highest BCUT2D eigenvalue weighted by Gasteiger charge is 2.24. The van der Waals surface area contributed by atoms with Crippen LogP contribution >= 0.6 is 0 Å². The molecule has 6 heteroatoms. The lowest BCUT2D eigenvalue weighted by atomic mass is 10.1. The molecule has 1 aliphatic heterocycles. The fourth-order valence-electron chi connectivity index (χ4n) is 3.24. The summed E-state index contributed by atoms with van der Waals surface area (Å²) in [6.07, 6.45) is 1.45. The molecule has 1 aliphatic rings. The molecule has 1 amide bonds. The van der Waals surface area contributed by atoms with Gasteiger partial charge in [-0.15, -0.1) is 0 Å². The number of aryl methyl sites for hydroxylation is 1. The van der Waals surface area contributed by atoms with Gasteiger partial charge in [-0.2, -0.15) is 0 Å². The number of aromatic nitrogens is 2. The Morgan fingerprint density at radius 1 is 1.12 bits per heavy atom. The molecular weight excluding hydrogens is 326 g/mol. The average Bonchev–Trinajstić information content (AvgIpc) is 2.63. The van der Waals surface area contributed by atoms with Gasteiger partial charge in [0.1, 0.15) is 17.8 Å². The van der Waals surface area contributed by atoms with E-state index in [9.17, 15) is 4.79 Å². The van der Waals surface area contributed by atoms with Crippen LogP contribution in [0.3, 0.4) is 0 Å². The molecule has 1 aromatic carbocycles. The van der Waals surface area contributed by atoms with Crippen molar-refractivity contribution >= 4 is 17.4 Å². The lowest BCUT2D eigenvalue weighted by molar-refractivity contribution is 0.0740. The summed E-state index contributed by atoms with van der Waals surface area (Å²) in [5, 5.41) is 3.21. The van der Waals surface area contributed by atoms with Crippen LogP contribution in [0.25, 0.3) is 0 Å².